The summed E-state index contributed by atoms with van der Waals surface area (Å²) in [7, 11) is -16.4. The lowest BCUT2D eigenvalue weighted by molar-refractivity contribution is -0.137. The van der Waals surface area contributed by atoms with Gasteiger partial charge in [0.05, 0.1) is 19.5 Å². The Morgan fingerprint density at radius 3 is 2.41 bits per heavy atom. The maximum Gasteiger partial charge on any atom is 0.481 e. The highest BCUT2D eigenvalue weighted by molar-refractivity contribution is 8.13. The third-order valence-electron chi connectivity index (χ3n) is 8.17. The van der Waals surface area contributed by atoms with E-state index in [0.717, 1.165) is 48.2 Å². The molecule has 24 nitrogen and oxygen atoms in total. The normalized spacial score (nSPS) is 21.5. The van der Waals surface area contributed by atoms with Crippen LogP contribution in [-0.4, -0.2) is 123 Å². The van der Waals surface area contributed by atoms with Crippen molar-refractivity contribution in [2.75, 3.05) is 37.8 Å². The Kier molecular flexibility index (Phi) is 19.0. The predicted octanol–water partition coefficient (Wildman–Crippen LogP) is 1.19. The second-order valence-electron chi connectivity index (χ2n) is 13.4. The number of amides is 2. The Morgan fingerprint density at radius 1 is 1.03 bits per heavy atom. The topological polar surface area (TPSA) is 364 Å². The lowest BCUT2D eigenvalue weighted by Gasteiger charge is -2.30. The average molecular weight is 906 g/mol. The number of phosphoric ester groups is 3. The molecule has 2 aromatic rings. The fourth-order valence-electron chi connectivity index (χ4n) is 5.13. The zero-order valence-electron chi connectivity index (χ0n) is 31.8. The number of nitrogen functional groups attached to an aromatic ring is 1. The van der Waals surface area contributed by atoms with E-state index in [0.29, 0.717) is 18.6 Å². The largest absolute Gasteiger partial charge is 0.481 e. The molecule has 7 atom stereocenters. The van der Waals surface area contributed by atoms with Crippen molar-refractivity contribution in [1.29, 1.82) is 0 Å². The molecule has 0 bridgehead atoms. The van der Waals surface area contributed by atoms with Crippen LogP contribution in [0, 0.1) is 5.41 Å². The quantitative estimate of drug-likeness (QED) is 0.0384. The molecule has 0 saturated carbocycles. The number of hydrogen-bond donors (Lipinski definition) is 9. The average Bonchev–Trinajstić information content (AvgIpc) is 3.69. The molecule has 10 N–H and O–H groups in total. The molecule has 1 aliphatic heterocycles. The maximum atomic E-state index is 12.7. The highest BCUT2D eigenvalue weighted by Gasteiger charge is 2.50. The zero-order valence-corrected chi connectivity index (χ0v) is 35.3. The smallest absolute Gasteiger partial charge is 0.386 e. The third-order valence-corrected chi connectivity index (χ3v) is 12.2. The first-order chi connectivity index (χ1) is 27.1. The Balaban J connectivity index is 1.44. The van der Waals surface area contributed by atoms with E-state index in [4.69, 9.17) is 19.5 Å². The molecule has 3 rings (SSSR count). The summed E-state index contributed by atoms with van der Waals surface area (Å²) < 4.78 is 62.2. The van der Waals surface area contributed by atoms with Crippen LogP contribution in [0.1, 0.15) is 65.5 Å². The van der Waals surface area contributed by atoms with Crippen LogP contribution in [0.25, 0.3) is 11.2 Å². The molecule has 58 heavy (non-hydrogen) atoms. The number of carbonyl (C=O) groups excluding carboxylic acids is 3. The van der Waals surface area contributed by atoms with Crippen molar-refractivity contribution in [3.05, 3.63) is 24.8 Å². The van der Waals surface area contributed by atoms with Gasteiger partial charge in [0, 0.05) is 37.1 Å². The van der Waals surface area contributed by atoms with Gasteiger partial charge in [-0.05, 0) is 12.8 Å². The number of aliphatic hydroxyl groups excluding tert-OH is 2. The molecule has 0 aliphatic carbocycles. The van der Waals surface area contributed by atoms with Crippen molar-refractivity contribution in [2.24, 2.45) is 5.41 Å². The number of phosphoric acid groups is 3. The number of nitrogens with two attached hydrogens (primary N) is 1. The van der Waals surface area contributed by atoms with Crippen molar-refractivity contribution >= 4 is 69.1 Å². The van der Waals surface area contributed by atoms with Gasteiger partial charge in [0.25, 0.3) is 0 Å². The monoisotopic (exact) mass is 905 g/mol. The number of nitrogens with one attached hydrogen (secondary N) is 2. The lowest BCUT2D eigenvalue weighted by atomic mass is 9.87. The highest BCUT2D eigenvalue weighted by atomic mass is 32.2. The van der Waals surface area contributed by atoms with Gasteiger partial charge in [0.2, 0.25) is 11.8 Å². The van der Waals surface area contributed by atoms with Crippen molar-refractivity contribution in [2.45, 2.75) is 89.9 Å². The number of nitrogens with zero attached hydrogens (tertiary/aromatic N) is 4. The molecule has 1 fully saturated rings. The predicted molar refractivity (Wildman–Crippen MR) is 205 cm³/mol. The number of unbranched alkanes of at least 4 members (excludes halogenated alkanes) is 2. The van der Waals surface area contributed by atoms with E-state index in [2.05, 4.69) is 47.4 Å². The van der Waals surface area contributed by atoms with Gasteiger partial charge < -0.3 is 50.9 Å². The third kappa shape index (κ3) is 16.1. The molecule has 28 heteroatoms. The van der Waals surface area contributed by atoms with Crippen molar-refractivity contribution in [3.63, 3.8) is 0 Å². The van der Waals surface area contributed by atoms with E-state index >= 15 is 0 Å². The van der Waals surface area contributed by atoms with Crippen LogP contribution < -0.4 is 16.4 Å². The summed E-state index contributed by atoms with van der Waals surface area (Å²) in [6.45, 7) is 2.63. The Morgan fingerprint density at radius 2 is 1.72 bits per heavy atom. The van der Waals surface area contributed by atoms with Crippen LogP contribution in [0.4, 0.5) is 5.82 Å². The van der Waals surface area contributed by atoms with Gasteiger partial charge in [0.15, 0.2) is 22.8 Å². The minimum Gasteiger partial charge on any atom is -0.386 e. The summed E-state index contributed by atoms with van der Waals surface area (Å²) >= 11 is 1.10. The number of aromatic nitrogens is 4. The number of rotatable bonds is 25. The van der Waals surface area contributed by atoms with E-state index in [9.17, 15) is 57.9 Å². The summed E-state index contributed by atoms with van der Waals surface area (Å²) in [5, 5.41) is 26.4. The molecular formula is C30H50N7O17P3S. The number of carbonyl (C=O) groups is 3. The SMILES string of the molecule is CCCC/C=C/CCC(=O)SCCNC(=O)CCNC(=O)C(O)C(C)(C)COP(=O)(O)OP(=O)(O)OCC1OC(n2cnc3c(N)ncnc32)C(O)C1OP(=O)(O)O. The molecule has 0 spiro atoms. The summed E-state index contributed by atoms with van der Waals surface area (Å²) in [5.41, 5.74) is 4.27. The van der Waals surface area contributed by atoms with Crippen LogP contribution in [0.3, 0.4) is 0 Å². The van der Waals surface area contributed by atoms with E-state index < -0.39 is 84.6 Å². The fraction of sp³-hybridized carbons (Fsp3) is 0.667. The molecule has 0 radical (unpaired) electrons. The first-order valence-corrected chi connectivity index (χ1v) is 23.3. The number of imidazole rings is 1. The molecule has 3 heterocycles. The van der Waals surface area contributed by atoms with Crippen LogP contribution in [0.15, 0.2) is 24.8 Å². The van der Waals surface area contributed by atoms with Gasteiger partial charge in [-0.2, -0.15) is 4.31 Å². The Hall–Kier alpha value is -2.70. The Bertz CT molecular complexity index is 1880. The molecule has 2 amide bonds. The molecule has 0 aromatic carbocycles. The molecule has 1 saturated heterocycles. The van der Waals surface area contributed by atoms with Gasteiger partial charge in [-0.3, -0.25) is 32.5 Å². The first-order valence-electron chi connectivity index (χ1n) is 17.8. The van der Waals surface area contributed by atoms with Gasteiger partial charge in [-0.15, -0.1) is 0 Å². The summed E-state index contributed by atoms with van der Waals surface area (Å²) in [6.07, 6.45) is 1.37. The standard InChI is InChI=1S/C30H50N7O17P3S/c1-4-5-6-7-8-9-10-21(39)58-14-13-32-20(38)11-12-33-28(42)25(41)30(2,3)16-51-57(48,49)54-56(46,47)50-15-19-24(53-55(43,44)45)23(40)29(52-19)37-18-36-22-26(31)34-17-35-27(22)37/h7-8,17-19,23-25,29,40-41H,4-6,9-16H2,1-3H3,(H,32,38)(H,33,42)(H,46,47)(H,48,49)(H2,31,34,35)(H2,43,44,45)/b8-7+. The van der Waals surface area contributed by atoms with Crippen LogP contribution >= 0.6 is 35.2 Å². The molecular weight excluding hydrogens is 855 g/mol. The number of thioether (sulfide) groups is 1. The van der Waals surface area contributed by atoms with Crippen molar-refractivity contribution in [1.82, 2.24) is 30.2 Å². The van der Waals surface area contributed by atoms with Crippen LogP contribution in [0.5, 0.6) is 0 Å². The molecule has 2 aromatic heterocycles. The minimum atomic E-state index is -5.57. The number of aliphatic hydroxyl groups is 2. The van der Waals surface area contributed by atoms with E-state index in [-0.39, 0.29) is 41.6 Å². The summed E-state index contributed by atoms with van der Waals surface area (Å²) in [5.74, 6) is -1.07. The number of fused-ring (bicyclic) bond motifs is 1. The number of hydrogen-bond acceptors (Lipinski definition) is 18. The molecule has 1 aliphatic rings. The summed E-state index contributed by atoms with van der Waals surface area (Å²) in [4.78, 5) is 87.7. The highest BCUT2D eigenvalue weighted by Crippen LogP contribution is 2.61. The second-order valence-corrected chi connectivity index (χ2v) is 18.8. The van der Waals surface area contributed by atoms with Crippen LogP contribution in [-0.2, 0) is 50.7 Å². The van der Waals surface area contributed by atoms with E-state index in [1.807, 2.05) is 6.08 Å². The first kappa shape index (κ1) is 49.7. The zero-order chi connectivity index (χ0) is 43.3. The molecule has 7 unspecified atom stereocenters. The number of allylic oxidation sites excluding steroid dienone is 2. The fourth-order valence-corrected chi connectivity index (χ4v) is 8.65. The van der Waals surface area contributed by atoms with Gasteiger partial charge in [0.1, 0.15) is 36.3 Å². The minimum absolute atomic E-state index is 0.00585. The van der Waals surface area contributed by atoms with Crippen molar-refractivity contribution < 1.29 is 80.5 Å². The van der Waals surface area contributed by atoms with Gasteiger partial charge in [-0.25, -0.2) is 28.6 Å². The maximum absolute atomic E-state index is 12.7. The summed E-state index contributed by atoms with van der Waals surface area (Å²) in [6, 6.07) is 0. The Labute approximate surface area is 337 Å². The van der Waals surface area contributed by atoms with E-state index in [1.165, 1.54) is 13.8 Å². The number of ether oxygens (including phenoxy) is 1. The van der Waals surface area contributed by atoms with Gasteiger partial charge >= 0.3 is 23.5 Å². The van der Waals surface area contributed by atoms with Gasteiger partial charge in [-0.1, -0.05) is 57.5 Å². The molecule has 328 valence electrons. The number of anilines is 1. The lowest BCUT2D eigenvalue weighted by Crippen LogP contribution is -2.46. The van der Waals surface area contributed by atoms with Crippen molar-refractivity contribution in [3.8, 4) is 0 Å². The van der Waals surface area contributed by atoms with E-state index in [1.54, 1.807) is 0 Å². The second kappa shape index (κ2) is 22.2. The van der Waals surface area contributed by atoms with Crippen LogP contribution in [0.2, 0.25) is 0 Å².